The molecule has 0 bridgehead atoms. The lowest BCUT2D eigenvalue weighted by Gasteiger charge is -2.20. The van der Waals surface area contributed by atoms with E-state index >= 15 is 0 Å². The second-order valence-corrected chi connectivity index (χ2v) is 11.5. The van der Waals surface area contributed by atoms with Gasteiger partial charge in [0.25, 0.3) is 0 Å². The molecule has 0 radical (unpaired) electrons. The van der Waals surface area contributed by atoms with Crippen molar-refractivity contribution in [3.05, 3.63) is 99.3 Å². The van der Waals surface area contributed by atoms with E-state index in [0.29, 0.717) is 21.6 Å². The molecule has 0 spiro atoms. The third kappa shape index (κ3) is 7.38. The summed E-state index contributed by atoms with van der Waals surface area (Å²) in [6, 6.07) is 15.2. The lowest BCUT2D eigenvalue weighted by Crippen LogP contribution is -2.21. The Balaban J connectivity index is 1.49. The Morgan fingerprint density at radius 3 is 2.68 bits per heavy atom. The minimum absolute atomic E-state index is 0.161. The molecule has 1 fully saturated rings. The van der Waals surface area contributed by atoms with E-state index in [1.165, 1.54) is 39.1 Å². The van der Waals surface area contributed by atoms with E-state index in [-0.39, 0.29) is 28.0 Å². The van der Waals surface area contributed by atoms with Gasteiger partial charge in [0.2, 0.25) is 0 Å². The fraction of sp³-hybridized carbons (Fsp3) is 0.273. The van der Waals surface area contributed by atoms with Crippen LogP contribution in [0, 0.1) is 23.7 Å². The third-order valence-corrected chi connectivity index (χ3v) is 7.76. The van der Waals surface area contributed by atoms with E-state index in [2.05, 4.69) is 42.8 Å². The predicted molar refractivity (Wildman–Crippen MR) is 174 cm³/mol. The summed E-state index contributed by atoms with van der Waals surface area (Å²) in [6.45, 7) is 5.68. The maximum atomic E-state index is 14.9. The minimum Gasteiger partial charge on any atom is -0.373 e. The Morgan fingerprint density at radius 1 is 1.20 bits per heavy atom. The number of hydrogen-bond donors (Lipinski definition) is 2. The Kier molecular flexibility index (Phi) is 10.1. The van der Waals surface area contributed by atoms with Gasteiger partial charge in [-0.3, -0.25) is 9.67 Å². The molecule has 1 saturated heterocycles. The third-order valence-electron chi connectivity index (χ3n) is 7.36. The van der Waals surface area contributed by atoms with Gasteiger partial charge in [-0.2, -0.15) is 5.26 Å². The first kappa shape index (κ1) is 31.0. The molecule has 1 atom stereocenters. The minimum atomic E-state index is -0.748. The quantitative estimate of drug-likeness (QED) is 0.132. The second-order valence-electron chi connectivity index (χ2n) is 10.5. The van der Waals surface area contributed by atoms with E-state index in [9.17, 15) is 9.65 Å². The fourth-order valence-electron chi connectivity index (χ4n) is 5.26. The molecule has 11 heteroatoms. The number of hydrogen-bond acceptors (Lipinski definition) is 7. The van der Waals surface area contributed by atoms with Crippen LogP contribution in [0.15, 0.2) is 77.5 Å². The van der Waals surface area contributed by atoms with E-state index < -0.39 is 5.83 Å². The number of nitrogens with one attached hydrogen (secondary N) is 2. The highest BCUT2D eigenvalue weighted by Gasteiger charge is 2.21. The van der Waals surface area contributed by atoms with Crippen molar-refractivity contribution in [2.45, 2.75) is 38.8 Å². The van der Waals surface area contributed by atoms with Gasteiger partial charge in [-0.25, -0.2) is 4.39 Å². The SMILES string of the molecule is C#C/C(Nc1c(C#N)cnc2c(Cl)cc(N[C@@H](c3ccccc3)c3cn(CCCN4CCCC4)nn3)cc12)=C(F)\C=C(/C)Cl. The van der Waals surface area contributed by atoms with Crippen LogP contribution in [0.5, 0.6) is 0 Å². The highest BCUT2D eigenvalue weighted by molar-refractivity contribution is 6.36. The van der Waals surface area contributed by atoms with Crippen molar-refractivity contribution in [3.8, 4) is 18.4 Å². The van der Waals surface area contributed by atoms with Crippen molar-refractivity contribution in [2.24, 2.45) is 0 Å². The number of aromatic nitrogens is 4. The zero-order chi connectivity index (χ0) is 31.1. The Morgan fingerprint density at radius 2 is 1.98 bits per heavy atom. The lowest BCUT2D eigenvalue weighted by atomic mass is 10.0. The Hall–Kier alpha value is -4.41. The number of fused-ring (bicyclic) bond motifs is 1. The summed E-state index contributed by atoms with van der Waals surface area (Å²) >= 11 is 12.6. The number of anilines is 2. The van der Waals surface area contributed by atoms with Gasteiger partial charge in [-0.15, -0.1) is 11.5 Å². The summed E-state index contributed by atoms with van der Waals surface area (Å²) in [4.78, 5) is 6.87. The van der Waals surface area contributed by atoms with Gasteiger partial charge in [-0.1, -0.05) is 58.7 Å². The molecule has 3 heterocycles. The molecule has 2 N–H and O–H groups in total. The van der Waals surface area contributed by atoms with Crippen molar-refractivity contribution in [1.29, 1.82) is 5.26 Å². The van der Waals surface area contributed by atoms with Gasteiger partial charge in [0.15, 0.2) is 5.83 Å². The number of nitrogens with zero attached hydrogens (tertiary/aromatic N) is 6. The van der Waals surface area contributed by atoms with Crippen molar-refractivity contribution in [2.75, 3.05) is 30.3 Å². The molecule has 0 saturated carbocycles. The van der Waals surface area contributed by atoms with Gasteiger partial charge >= 0.3 is 0 Å². The van der Waals surface area contributed by atoms with Crippen molar-refractivity contribution < 1.29 is 4.39 Å². The van der Waals surface area contributed by atoms with Gasteiger partial charge in [-0.05, 0) is 75.5 Å². The summed E-state index contributed by atoms with van der Waals surface area (Å²) in [5.74, 6) is 1.55. The summed E-state index contributed by atoms with van der Waals surface area (Å²) in [6.07, 6.45) is 13.6. The number of allylic oxidation sites excluding steroid dienone is 4. The predicted octanol–water partition coefficient (Wildman–Crippen LogP) is 7.41. The first-order valence-electron chi connectivity index (χ1n) is 14.3. The molecule has 2 aromatic heterocycles. The van der Waals surface area contributed by atoms with Crippen LogP contribution in [0.3, 0.4) is 0 Å². The summed E-state index contributed by atoms with van der Waals surface area (Å²) in [7, 11) is 0. The molecule has 0 aliphatic carbocycles. The van der Waals surface area contributed by atoms with Crippen LogP contribution < -0.4 is 10.6 Å². The number of likely N-dealkylation sites (tertiary alicyclic amines) is 1. The van der Waals surface area contributed by atoms with E-state index in [4.69, 9.17) is 29.6 Å². The van der Waals surface area contributed by atoms with Crippen LogP contribution in [0.4, 0.5) is 15.8 Å². The molecular weight excluding hydrogens is 598 g/mol. The number of benzene rings is 2. The van der Waals surface area contributed by atoms with Gasteiger partial charge in [0, 0.05) is 28.8 Å². The van der Waals surface area contributed by atoms with Gasteiger partial charge < -0.3 is 15.5 Å². The van der Waals surface area contributed by atoms with Crippen LogP contribution in [-0.2, 0) is 6.54 Å². The van der Waals surface area contributed by atoms with E-state index in [0.717, 1.165) is 36.8 Å². The number of halogens is 3. The van der Waals surface area contributed by atoms with Gasteiger partial charge in [0.05, 0.1) is 34.0 Å². The topological polar surface area (TPSA) is 94.7 Å². The first-order valence-corrected chi connectivity index (χ1v) is 15.0. The monoisotopic (exact) mass is 628 g/mol. The van der Waals surface area contributed by atoms with Crippen LogP contribution in [0.25, 0.3) is 10.9 Å². The molecule has 1 aliphatic rings. The van der Waals surface area contributed by atoms with Crippen LogP contribution in [0.1, 0.15) is 49.0 Å². The molecule has 0 unspecified atom stereocenters. The lowest BCUT2D eigenvalue weighted by molar-refractivity contribution is 0.321. The molecule has 44 heavy (non-hydrogen) atoms. The maximum absolute atomic E-state index is 14.9. The molecule has 4 aromatic rings. The number of terminal acetylenes is 1. The number of nitriles is 1. The van der Waals surface area contributed by atoms with Crippen molar-refractivity contribution in [3.63, 3.8) is 0 Å². The summed E-state index contributed by atoms with van der Waals surface area (Å²) in [5, 5.41) is 26.2. The number of aryl methyl sites for hydroxylation is 1. The zero-order valence-corrected chi connectivity index (χ0v) is 25.7. The molecule has 5 rings (SSSR count). The van der Waals surface area contributed by atoms with E-state index in [1.54, 1.807) is 12.1 Å². The van der Waals surface area contributed by atoms with E-state index in [1.807, 2.05) is 41.2 Å². The number of rotatable bonds is 11. The first-order chi connectivity index (χ1) is 21.4. The zero-order valence-electron chi connectivity index (χ0n) is 24.2. The molecule has 0 amide bonds. The van der Waals surface area contributed by atoms with Crippen molar-refractivity contribution in [1.82, 2.24) is 24.9 Å². The molecule has 2 aromatic carbocycles. The van der Waals surface area contributed by atoms with Crippen LogP contribution in [-0.4, -0.2) is 44.5 Å². The highest BCUT2D eigenvalue weighted by Crippen LogP contribution is 2.36. The molecule has 224 valence electrons. The highest BCUT2D eigenvalue weighted by atomic mass is 35.5. The van der Waals surface area contributed by atoms with Gasteiger partial charge in [0.1, 0.15) is 17.5 Å². The Labute approximate surface area is 266 Å². The Bertz CT molecular complexity index is 1780. The average Bonchev–Trinajstić information content (AvgIpc) is 3.71. The average molecular weight is 630 g/mol. The van der Waals surface area contributed by atoms with Crippen LogP contribution >= 0.6 is 23.2 Å². The molecular formula is C33H31Cl2FN8. The molecule has 8 nitrogen and oxygen atoms in total. The largest absolute Gasteiger partial charge is 0.373 e. The summed E-state index contributed by atoms with van der Waals surface area (Å²) in [5.41, 5.74) is 2.99. The fourth-order valence-corrected chi connectivity index (χ4v) is 5.62. The maximum Gasteiger partial charge on any atom is 0.156 e. The van der Waals surface area contributed by atoms with Crippen molar-refractivity contribution >= 4 is 45.5 Å². The standard InChI is InChI=1S/C33H31Cl2FN8/c1-3-29(28(36)16-22(2)34)40-31-24(19-37)20-38-33-26(31)17-25(18-27(33)35)39-32(23-10-5-4-6-11-23)30-21-44(42-41-30)15-9-14-43-12-7-8-13-43/h1,4-6,10-11,16-18,20-21,32,39H,7-9,12-15H2,2H3,(H,38,40)/b22-16+,29-28-/t32-/m0/s1. The number of pyridine rings is 1. The second kappa shape index (κ2) is 14.4. The molecule has 1 aliphatic heterocycles. The summed E-state index contributed by atoms with van der Waals surface area (Å²) < 4.78 is 16.7. The normalized spacial score (nSPS) is 15.0. The smallest absolute Gasteiger partial charge is 0.156 e. The van der Waals surface area contributed by atoms with Crippen LogP contribution in [0.2, 0.25) is 5.02 Å².